The molecule has 3 rings (SSSR count). The van der Waals surface area contributed by atoms with Crippen LogP contribution >= 0.6 is 0 Å². The van der Waals surface area contributed by atoms with Crippen LogP contribution < -0.4 is 11.5 Å². The van der Waals surface area contributed by atoms with Crippen LogP contribution in [-0.4, -0.2) is 15.0 Å². The molecule has 0 fully saturated rings. The molecule has 0 bridgehead atoms. The van der Waals surface area contributed by atoms with E-state index in [4.69, 9.17) is 11.5 Å². The summed E-state index contributed by atoms with van der Waals surface area (Å²) < 4.78 is 12.9. The van der Waals surface area contributed by atoms with E-state index in [-0.39, 0.29) is 11.8 Å². The van der Waals surface area contributed by atoms with Crippen molar-refractivity contribution in [2.75, 3.05) is 11.5 Å². The lowest BCUT2D eigenvalue weighted by molar-refractivity contribution is 0.627. The zero-order valence-electron chi connectivity index (χ0n) is 10.5. The maximum atomic E-state index is 12.9. The van der Waals surface area contributed by atoms with Crippen molar-refractivity contribution >= 4 is 22.7 Å². The highest BCUT2D eigenvalue weighted by atomic mass is 19.1. The number of fused-ring (bicyclic) bond motifs is 1. The summed E-state index contributed by atoms with van der Waals surface area (Å²) in [6.07, 6.45) is 2.06. The minimum Gasteiger partial charge on any atom is -0.383 e. The molecular weight excluding hydrogens is 257 g/mol. The number of aromatic nitrogens is 3. The number of rotatable bonds is 2. The van der Waals surface area contributed by atoms with Crippen molar-refractivity contribution in [1.82, 2.24) is 15.0 Å². The molecule has 0 aliphatic heterocycles. The Morgan fingerprint density at radius 3 is 2.50 bits per heavy atom. The van der Waals surface area contributed by atoms with Crippen LogP contribution in [0.1, 0.15) is 11.3 Å². The van der Waals surface area contributed by atoms with Gasteiger partial charge in [0.15, 0.2) is 0 Å². The van der Waals surface area contributed by atoms with Crippen LogP contribution in [0.25, 0.3) is 10.9 Å². The van der Waals surface area contributed by atoms with E-state index in [0.29, 0.717) is 28.8 Å². The third-order valence-corrected chi connectivity index (χ3v) is 3.02. The summed E-state index contributed by atoms with van der Waals surface area (Å²) in [5, 5.41) is 0.686. The summed E-state index contributed by atoms with van der Waals surface area (Å²) in [6.45, 7) is 0. The number of benzene rings is 1. The van der Waals surface area contributed by atoms with Gasteiger partial charge in [0.1, 0.15) is 11.6 Å². The SMILES string of the molecule is Nc1nc(Cc2ccc(F)cc2)c2c(N)nccc2n1. The third kappa shape index (κ3) is 2.23. The molecule has 5 nitrogen and oxygen atoms in total. The lowest BCUT2D eigenvalue weighted by Crippen LogP contribution is -2.04. The summed E-state index contributed by atoms with van der Waals surface area (Å²) in [4.78, 5) is 12.4. The van der Waals surface area contributed by atoms with Crippen molar-refractivity contribution in [3.63, 3.8) is 0 Å². The minimum absolute atomic E-state index is 0.181. The number of anilines is 2. The maximum Gasteiger partial charge on any atom is 0.220 e. The third-order valence-electron chi connectivity index (χ3n) is 3.02. The number of nitrogens with zero attached hydrogens (tertiary/aromatic N) is 3. The van der Waals surface area contributed by atoms with E-state index in [1.54, 1.807) is 24.4 Å². The molecule has 0 aliphatic rings. The molecule has 20 heavy (non-hydrogen) atoms. The average molecular weight is 269 g/mol. The quantitative estimate of drug-likeness (QED) is 0.741. The molecule has 0 amide bonds. The molecule has 3 aromatic rings. The van der Waals surface area contributed by atoms with Crippen LogP contribution in [-0.2, 0) is 6.42 Å². The van der Waals surface area contributed by atoms with E-state index < -0.39 is 0 Å². The van der Waals surface area contributed by atoms with E-state index in [1.807, 2.05) is 0 Å². The van der Waals surface area contributed by atoms with Crippen molar-refractivity contribution in [3.8, 4) is 0 Å². The number of nitrogen functional groups attached to an aromatic ring is 2. The first kappa shape index (κ1) is 12.3. The van der Waals surface area contributed by atoms with Gasteiger partial charge in [-0.2, -0.15) is 0 Å². The van der Waals surface area contributed by atoms with Gasteiger partial charge in [0.2, 0.25) is 5.95 Å². The second-order valence-electron chi connectivity index (χ2n) is 4.42. The molecule has 0 radical (unpaired) electrons. The van der Waals surface area contributed by atoms with Gasteiger partial charge in [0, 0.05) is 12.6 Å². The summed E-state index contributed by atoms with van der Waals surface area (Å²) in [5.41, 5.74) is 13.9. The van der Waals surface area contributed by atoms with Crippen LogP contribution in [0.3, 0.4) is 0 Å². The molecule has 2 aromatic heterocycles. The van der Waals surface area contributed by atoms with Gasteiger partial charge in [-0.05, 0) is 23.8 Å². The summed E-state index contributed by atoms with van der Waals surface area (Å²) >= 11 is 0. The van der Waals surface area contributed by atoms with Crippen LogP contribution in [0.5, 0.6) is 0 Å². The molecule has 1 aromatic carbocycles. The zero-order chi connectivity index (χ0) is 14.1. The fourth-order valence-electron chi connectivity index (χ4n) is 2.12. The molecule has 2 heterocycles. The van der Waals surface area contributed by atoms with E-state index in [2.05, 4.69) is 15.0 Å². The standard InChI is InChI=1S/C14H12FN5/c15-9-3-1-8(2-4-9)7-11-12-10(19-14(17)20-11)5-6-18-13(12)16/h1-6H,7H2,(H2,16,18)(H2,17,19,20). The lowest BCUT2D eigenvalue weighted by atomic mass is 10.1. The monoisotopic (exact) mass is 269 g/mol. The first-order valence-corrected chi connectivity index (χ1v) is 6.04. The van der Waals surface area contributed by atoms with Crippen molar-refractivity contribution in [3.05, 3.63) is 53.6 Å². The van der Waals surface area contributed by atoms with E-state index in [9.17, 15) is 4.39 Å². The van der Waals surface area contributed by atoms with E-state index in [0.717, 1.165) is 5.56 Å². The molecule has 0 unspecified atom stereocenters. The van der Waals surface area contributed by atoms with Gasteiger partial charge in [-0.1, -0.05) is 12.1 Å². The largest absolute Gasteiger partial charge is 0.383 e. The first-order valence-electron chi connectivity index (χ1n) is 6.04. The summed E-state index contributed by atoms with van der Waals surface area (Å²) in [7, 11) is 0. The molecule has 6 heteroatoms. The maximum absolute atomic E-state index is 12.9. The Morgan fingerprint density at radius 2 is 1.75 bits per heavy atom. The van der Waals surface area contributed by atoms with Crippen LogP contribution in [0.2, 0.25) is 0 Å². The number of pyridine rings is 1. The second kappa shape index (κ2) is 4.73. The van der Waals surface area contributed by atoms with E-state index in [1.165, 1.54) is 12.1 Å². The van der Waals surface area contributed by atoms with Gasteiger partial charge in [-0.15, -0.1) is 0 Å². The molecule has 0 spiro atoms. The Morgan fingerprint density at radius 1 is 1.00 bits per heavy atom. The highest BCUT2D eigenvalue weighted by molar-refractivity contribution is 5.90. The summed E-state index contributed by atoms with van der Waals surface area (Å²) in [5.74, 6) is 0.266. The Hall–Kier alpha value is -2.76. The van der Waals surface area contributed by atoms with Gasteiger partial charge < -0.3 is 11.5 Å². The Labute approximate surface area is 114 Å². The van der Waals surface area contributed by atoms with E-state index >= 15 is 0 Å². The van der Waals surface area contributed by atoms with Gasteiger partial charge in [-0.25, -0.2) is 19.3 Å². The normalized spacial score (nSPS) is 10.8. The van der Waals surface area contributed by atoms with Crippen LogP contribution in [0.4, 0.5) is 16.2 Å². The van der Waals surface area contributed by atoms with Crippen molar-refractivity contribution < 1.29 is 4.39 Å². The summed E-state index contributed by atoms with van der Waals surface area (Å²) in [6, 6.07) is 7.95. The predicted molar refractivity (Wildman–Crippen MR) is 75.4 cm³/mol. The average Bonchev–Trinajstić information content (AvgIpc) is 2.41. The number of nitrogens with two attached hydrogens (primary N) is 2. The number of hydrogen-bond acceptors (Lipinski definition) is 5. The molecule has 0 saturated carbocycles. The minimum atomic E-state index is -0.276. The highest BCUT2D eigenvalue weighted by Gasteiger charge is 2.10. The van der Waals surface area contributed by atoms with Gasteiger partial charge >= 0.3 is 0 Å². The smallest absolute Gasteiger partial charge is 0.220 e. The Balaban J connectivity index is 2.13. The van der Waals surface area contributed by atoms with Gasteiger partial charge in [0.25, 0.3) is 0 Å². The molecule has 0 saturated heterocycles. The number of halogens is 1. The Bertz CT molecular complexity index is 770. The second-order valence-corrected chi connectivity index (χ2v) is 4.42. The first-order chi connectivity index (χ1) is 9.63. The predicted octanol–water partition coefficient (Wildman–Crippen LogP) is 1.92. The fourth-order valence-corrected chi connectivity index (χ4v) is 2.12. The van der Waals surface area contributed by atoms with Crippen LogP contribution in [0.15, 0.2) is 36.5 Å². The lowest BCUT2D eigenvalue weighted by Gasteiger charge is -2.08. The van der Waals surface area contributed by atoms with Crippen molar-refractivity contribution in [1.29, 1.82) is 0 Å². The van der Waals surface area contributed by atoms with Crippen molar-refractivity contribution in [2.45, 2.75) is 6.42 Å². The topological polar surface area (TPSA) is 90.7 Å². The fraction of sp³-hybridized carbons (Fsp3) is 0.0714. The Kier molecular flexibility index (Phi) is 2.90. The molecule has 100 valence electrons. The van der Waals surface area contributed by atoms with Crippen LogP contribution in [0, 0.1) is 5.82 Å². The molecule has 4 N–H and O–H groups in total. The molecule has 0 aliphatic carbocycles. The van der Waals surface area contributed by atoms with Crippen molar-refractivity contribution in [2.24, 2.45) is 0 Å². The zero-order valence-corrected chi connectivity index (χ0v) is 10.5. The number of hydrogen-bond donors (Lipinski definition) is 2. The van der Waals surface area contributed by atoms with Gasteiger partial charge in [0.05, 0.1) is 16.6 Å². The van der Waals surface area contributed by atoms with Gasteiger partial charge in [-0.3, -0.25) is 0 Å². The highest BCUT2D eigenvalue weighted by Crippen LogP contribution is 2.23. The molecular formula is C14H12FN5. The molecule has 0 atom stereocenters.